The van der Waals surface area contributed by atoms with Crippen LogP contribution in [-0.4, -0.2) is 21.8 Å². The fraction of sp³-hybridized carbons (Fsp3) is 0.120. The van der Waals surface area contributed by atoms with Crippen LogP contribution in [-0.2, 0) is 17.6 Å². The van der Waals surface area contributed by atoms with E-state index in [4.69, 9.17) is 10.5 Å². The zero-order chi connectivity index (χ0) is 20.8. The largest absolute Gasteiger partial charge is 0.457 e. The van der Waals surface area contributed by atoms with Crippen LogP contribution < -0.4 is 10.5 Å². The van der Waals surface area contributed by atoms with E-state index in [9.17, 15) is 4.79 Å². The second-order valence-electron chi connectivity index (χ2n) is 7.15. The average molecular weight is 397 g/mol. The van der Waals surface area contributed by atoms with Gasteiger partial charge in [-0.15, -0.1) is 0 Å². The van der Waals surface area contributed by atoms with Gasteiger partial charge in [-0.1, -0.05) is 54.6 Å². The van der Waals surface area contributed by atoms with Crippen LogP contribution in [0.2, 0.25) is 0 Å². The molecule has 0 aliphatic rings. The molecule has 0 aliphatic carbocycles. The quantitative estimate of drug-likeness (QED) is 0.457. The zero-order valence-corrected chi connectivity index (χ0v) is 16.5. The van der Waals surface area contributed by atoms with Gasteiger partial charge in [0.25, 0.3) is 0 Å². The summed E-state index contributed by atoms with van der Waals surface area (Å²) in [5.74, 6) is 1.61. The van der Waals surface area contributed by atoms with Gasteiger partial charge in [0.05, 0.1) is 18.1 Å². The Hall–Kier alpha value is -3.70. The van der Waals surface area contributed by atoms with Gasteiger partial charge in [-0.25, -0.2) is 4.98 Å². The number of nitrogens with zero attached hydrogens (tertiary/aromatic N) is 1. The fourth-order valence-corrected chi connectivity index (χ4v) is 3.23. The highest BCUT2D eigenvalue weighted by molar-refractivity contribution is 5.86. The molecular weight excluding hydrogens is 374 g/mol. The summed E-state index contributed by atoms with van der Waals surface area (Å²) in [6, 6.07) is 25.1. The Morgan fingerprint density at radius 2 is 1.53 bits per heavy atom. The molecular formula is C25H23N3O2. The molecule has 0 spiro atoms. The van der Waals surface area contributed by atoms with Crippen LogP contribution in [0, 0.1) is 0 Å². The number of aromatic amines is 1. The lowest BCUT2D eigenvalue weighted by Crippen LogP contribution is -2.34. The summed E-state index contributed by atoms with van der Waals surface area (Å²) >= 11 is 0. The Labute approximate surface area is 175 Å². The van der Waals surface area contributed by atoms with Gasteiger partial charge < -0.3 is 15.5 Å². The molecule has 0 saturated carbocycles. The van der Waals surface area contributed by atoms with Crippen molar-refractivity contribution in [1.29, 1.82) is 0 Å². The summed E-state index contributed by atoms with van der Waals surface area (Å²) in [7, 11) is 0. The zero-order valence-electron chi connectivity index (χ0n) is 16.5. The number of imidazole rings is 1. The first-order valence-electron chi connectivity index (χ1n) is 9.85. The van der Waals surface area contributed by atoms with Crippen molar-refractivity contribution in [3.05, 3.63) is 103 Å². The molecule has 3 N–H and O–H groups in total. The third-order valence-corrected chi connectivity index (χ3v) is 4.90. The van der Waals surface area contributed by atoms with Crippen LogP contribution in [0.1, 0.15) is 11.3 Å². The molecule has 0 amide bonds. The molecule has 4 rings (SSSR count). The second kappa shape index (κ2) is 9.20. The molecule has 1 atom stereocenters. The lowest BCUT2D eigenvalue weighted by atomic mass is 9.98. The van der Waals surface area contributed by atoms with E-state index in [1.54, 1.807) is 12.5 Å². The number of hydrogen-bond donors (Lipinski definition) is 2. The average Bonchev–Trinajstić information content (AvgIpc) is 3.29. The summed E-state index contributed by atoms with van der Waals surface area (Å²) in [6.07, 6.45) is 4.11. The maximum atomic E-state index is 12.4. The highest BCUT2D eigenvalue weighted by Crippen LogP contribution is 2.26. The monoisotopic (exact) mass is 397 g/mol. The van der Waals surface area contributed by atoms with E-state index in [0.717, 1.165) is 33.9 Å². The van der Waals surface area contributed by atoms with Gasteiger partial charge in [-0.2, -0.15) is 0 Å². The first-order valence-corrected chi connectivity index (χ1v) is 9.85. The van der Waals surface area contributed by atoms with E-state index >= 15 is 0 Å². The molecule has 0 radical (unpaired) electrons. The number of H-pyrrole nitrogens is 1. The minimum Gasteiger partial charge on any atom is -0.457 e. The summed E-state index contributed by atoms with van der Waals surface area (Å²) in [5.41, 5.74) is 9.95. The van der Waals surface area contributed by atoms with Crippen LogP contribution in [0.5, 0.6) is 11.5 Å². The summed E-state index contributed by atoms with van der Waals surface area (Å²) < 4.78 is 5.84. The number of hydrogen-bond acceptors (Lipinski definition) is 4. The maximum Gasteiger partial charge on any atom is 0.154 e. The smallest absolute Gasteiger partial charge is 0.154 e. The van der Waals surface area contributed by atoms with Crippen molar-refractivity contribution in [2.45, 2.75) is 18.9 Å². The van der Waals surface area contributed by atoms with Crippen LogP contribution in [0.3, 0.4) is 0 Å². The van der Waals surface area contributed by atoms with Gasteiger partial charge in [0.15, 0.2) is 5.78 Å². The van der Waals surface area contributed by atoms with E-state index < -0.39 is 6.04 Å². The lowest BCUT2D eigenvalue weighted by molar-refractivity contribution is -0.119. The number of benzene rings is 3. The van der Waals surface area contributed by atoms with E-state index in [1.165, 1.54) is 0 Å². The highest BCUT2D eigenvalue weighted by Gasteiger charge is 2.15. The van der Waals surface area contributed by atoms with Crippen molar-refractivity contribution < 1.29 is 9.53 Å². The van der Waals surface area contributed by atoms with E-state index in [0.29, 0.717) is 12.8 Å². The number of Topliss-reactive ketones (excluding diaryl/α,β-unsaturated/α-hetero) is 1. The minimum absolute atomic E-state index is 0.00756. The third kappa shape index (κ3) is 5.01. The molecule has 0 fully saturated rings. The number of carbonyl (C=O) groups excluding carboxylic acids is 1. The Bertz CT molecular complexity index is 1070. The number of nitrogens with one attached hydrogen (secondary N) is 1. The number of ketones is 1. The third-order valence-electron chi connectivity index (χ3n) is 4.90. The van der Waals surface area contributed by atoms with Crippen molar-refractivity contribution in [3.8, 4) is 22.6 Å². The number of rotatable bonds is 8. The molecule has 5 heteroatoms. The molecule has 1 aromatic heterocycles. The Morgan fingerprint density at radius 3 is 2.17 bits per heavy atom. The Morgan fingerprint density at radius 1 is 0.900 bits per heavy atom. The first kappa shape index (κ1) is 19.6. The molecule has 1 heterocycles. The van der Waals surface area contributed by atoms with Gasteiger partial charge in [-0.05, 0) is 41.0 Å². The predicted octanol–water partition coefficient (Wildman–Crippen LogP) is 4.55. The number of nitrogens with two attached hydrogens (primary N) is 1. The number of carbonyl (C=O) groups is 1. The van der Waals surface area contributed by atoms with Crippen LogP contribution >= 0.6 is 0 Å². The fourth-order valence-electron chi connectivity index (χ4n) is 3.23. The van der Waals surface area contributed by atoms with Crippen molar-refractivity contribution in [3.63, 3.8) is 0 Å². The molecule has 150 valence electrons. The first-order chi connectivity index (χ1) is 14.7. The van der Waals surface area contributed by atoms with Gasteiger partial charge in [-0.3, -0.25) is 4.79 Å². The van der Waals surface area contributed by atoms with E-state index in [1.807, 2.05) is 78.9 Å². The molecule has 0 bridgehead atoms. The standard InChI is InChI=1S/C25H23N3O2/c26-24(15-21-16-27-17-28-21)25(29)14-18-6-8-19(9-7-18)20-10-12-23(13-11-20)30-22-4-2-1-3-5-22/h1-13,16-17,24H,14-15,26H2,(H,27,28)/t24-/m0/s1. The maximum absolute atomic E-state index is 12.4. The lowest BCUT2D eigenvalue weighted by Gasteiger charge is -2.10. The number of aromatic nitrogens is 2. The van der Waals surface area contributed by atoms with E-state index in [-0.39, 0.29) is 5.78 Å². The topological polar surface area (TPSA) is 81.0 Å². The molecule has 5 nitrogen and oxygen atoms in total. The SMILES string of the molecule is N[C@@H](Cc1c[nH]cn1)C(=O)Cc1ccc(-c2ccc(Oc3ccccc3)cc2)cc1. The Kier molecular flexibility index (Phi) is 6.01. The normalized spacial score (nSPS) is 11.8. The van der Waals surface area contributed by atoms with Gasteiger partial charge in [0.2, 0.25) is 0 Å². The molecule has 0 unspecified atom stereocenters. The molecule has 0 aliphatic heterocycles. The molecule has 0 saturated heterocycles. The van der Waals surface area contributed by atoms with Gasteiger partial charge in [0, 0.05) is 19.0 Å². The van der Waals surface area contributed by atoms with Crippen LogP contribution in [0.4, 0.5) is 0 Å². The second-order valence-corrected chi connectivity index (χ2v) is 7.15. The summed E-state index contributed by atoms with van der Waals surface area (Å²) in [4.78, 5) is 19.4. The Balaban J connectivity index is 1.36. The van der Waals surface area contributed by atoms with Crippen molar-refractivity contribution in [2.24, 2.45) is 5.73 Å². The summed E-state index contributed by atoms with van der Waals surface area (Å²) in [5, 5.41) is 0. The van der Waals surface area contributed by atoms with Gasteiger partial charge in [0.1, 0.15) is 11.5 Å². The number of ether oxygens (including phenoxy) is 1. The van der Waals surface area contributed by atoms with Crippen molar-refractivity contribution in [1.82, 2.24) is 9.97 Å². The van der Waals surface area contributed by atoms with Crippen molar-refractivity contribution in [2.75, 3.05) is 0 Å². The predicted molar refractivity (Wildman–Crippen MR) is 117 cm³/mol. The van der Waals surface area contributed by atoms with Crippen LogP contribution in [0.15, 0.2) is 91.4 Å². The highest BCUT2D eigenvalue weighted by atomic mass is 16.5. The molecule has 3 aromatic carbocycles. The van der Waals surface area contributed by atoms with Crippen molar-refractivity contribution >= 4 is 5.78 Å². The molecule has 30 heavy (non-hydrogen) atoms. The minimum atomic E-state index is -0.551. The van der Waals surface area contributed by atoms with Crippen LogP contribution in [0.25, 0.3) is 11.1 Å². The van der Waals surface area contributed by atoms with Gasteiger partial charge >= 0.3 is 0 Å². The summed E-state index contributed by atoms with van der Waals surface area (Å²) in [6.45, 7) is 0. The van der Waals surface area contributed by atoms with E-state index in [2.05, 4.69) is 9.97 Å². The number of para-hydroxylation sites is 1. The molecule has 4 aromatic rings.